The fourth-order valence-electron chi connectivity index (χ4n) is 3.18. The lowest BCUT2D eigenvalue weighted by Crippen LogP contribution is -2.20. The molecule has 5 nitrogen and oxygen atoms in total. The molecule has 1 aliphatic heterocycles. The van der Waals surface area contributed by atoms with Gasteiger partial charge in [-0.2, -0.15) is 11.8 Å². The molecule has 0 radical (unpaired) electrons. The first-order valence-electron chi connectivity index (χ1n) is 8.31. The molecule has 0 bridgehead atoms. The Labute approximate surface area is 150 Å². The van der Waals surface area contributed by atoms with E-state index in [1.165, 1.54) is 17.7 Å². The van der Waals surface area contributed by atoms with Gasteiger partial charge in [0.2, 0.25) is 0 Å². The predicted molar refractivity (Wildman–Crippen MR) is 101 cm³/mol. The van der Waals surface area contributed by atoms with Crippen LogP contribution in [0.2, 0.25) is 0 Å². The Morgan fingerprint density at radius 2 is 2.32 bits per heavy atom. The molecule has 2 N–H and O–H groups in total. The number of nitrogens with one attached hydrogen (secondary N) is 2. The lowest BCUT2D eigenvalue weighted by molar-refractivity contribution is -0.118. The standard InChI is InChI=1S/C19H19N3O2S/c23-18(22-14-3-2-7-20-9-14)11-24-17-5-1-4-16-19(17)15(10-21-16)13-6-8-25-12-13/h1-5,7,9-10,13,21H,6,8,11-12H2,(H,22,23). The molecule has 1 unspecified atom stereocenters. The zero-order valence-electron chi connectivity index (χ0n) is 13.7. The van der Waals surface area contributed by atoms with Gasteiger partial charge >= 0.3 is 0 Å². The van der Waals surface area contributed by atoms with Crippen LogP contribution in [0.4, 0.5) is 5.69 Å². The van der Waals surface area contributed by atoms with Gasteiger partial charge in [0, 0.05) is 29.0 Å². The van der Waals surface area contributed by atoms with Crippen molar-refractivity contribution in [3.05, 3.63) is 54.5 Å². The molecule has 3 heterocycles. The number of hydrogen-bond donors (Lipinski definition) is 2. The van der Waals surface area contributed by atoms with Crippen molar-refractivity contribution < 1.29 is 9.53 Å². The Morgan fingerprint density at radius 3 is 3.12 bits per heavy atom. The molecule has 128 valence electrons. The van der Waals surface area contributed by atoms with Gasteiger partial charge in [-0.1, -0.05) is 6.07 Å². The molecule has 0 aliphatic carbocycles. The summed E-state index contributed by atoms with van der Waals surface area (Å²) in [5.41, 5.74) is 3.01. The fourth-order valence-corrected chi connectivity index (χ4v) is 4.42. The van der Waals surface area contributed by atoms with Gasteiger partial charge in [0.1, 0.15) is 5.75 Å². The molecule has 1 atom stereocenters. The molecule has 1 saturated heterocycles. The molecule has 1 aliphatic rings. The van der Waals surface area contributed by atoms with Crippen molar-refractivity contribution in [2.75, 3.05) is 23.4 Å². The quantitative estimate of drug-likeness (QED) is 0.732. The van der Waals surface area contributed by atoms with Gasteiger partial charge < -0.3 is 15.0 Å². The Bertz CT molecular complexity index is 873. The van der Waals surface area contributed by atoms with Crippen molar-refractivity contribution in [3.63, 3.8) is 0 Å². The van der Waals surface area contributed by atoms with Crippen molar-refractivity contribution in [2.45, 2.75) is 12.3 Å². The van der Waals surface area contributed by atoms with Gasteiger partial charge in [0.25, 0.3) is 5.91 Å². The van der Waals surface area contributed by atoms with Gasteiger partial charge in [-0.15, -0.1) is 0 Å². The van der Waals surface area contributed by atoms with Crippen molar-refractivity contribution in [1.29, 1.82) is 0 Å². The molecule has 0 saturated carbocycles. The van der Waals surface area contributed by atoms with E-state index in [0.717, 1.165) is 22.4 Å². The number of ether oxygens (including phenoxy) is 1. The zero-order chi connectivity index (χ0) is 17.1. The van der Waals surface area contributed by atoms with Crippen LogP contribution in [-0.2, 0) is 4.79 Å². The van der Waals surface area contributed by atoms with E-state index in [1.54, 1.807) is 24.5 Å². The second-order valence-corrected chi connectivity index (χ2v) is 7.21. The second kappa shape index (κ2) is 7.19. The van der Waals surface area contributed by atoms with E-state index in [4.69, 9.17) is 4.74 Å². The lowest BCUT2D eigenvalue weighted by Gasteiger charge is -2.12. The van der Waals surface area contributed by atoms with Gasteiger partial charge in [0.15, 0.2) is 6.61 Å². The third-order valence-electron chi connectivity index (χ3n) is 4.37. The number of nitrogens with zero attached hydrogens (tertiary/aromatic N) is 1. The Balaban J connectivity index is 1.51. The highest BCUT2D eigenvalue weighted by atomic mass is 32.2. The number of amides is 1. The molecule has 3 aromatic rings. The number of benzene rings is 1. The number of carbonyl (C=O) groups is 1. The first-order chi connectivity index (χ1) is 12.3. The molecule has 4 rings (SSSR count). The number of aromatic amines is 1. The molecule has 1 aromatic carbocycles. The highest BCUT2D eigenvalue weighted by Gasteiger charge is 2.22. The number of pyridine rings is 1. The summed E-state index contributed by atoms with van der Waals surface area (Å²) in [7, 11) is 0. The van der Waals surface area contributed by atoms with Gasteiger partial charge in [-0.05, 0) is 47.9 Å². The number of rotatable bonds is 5. The third kappa shape index (κ3) is 3.49. The average molecular weight is 353 g/mol. The van der Waals surface area contributed by atoms with E-state index in [0.29, 0.717) is 11.6 Å². The second-order valence-electron chi connectivity index (χ2n) is 6.06. The monoisotopic (exact) mass is 353 g/mol. The number of carbonyl (C=O) groups excluding carboxylic acids is 1. The summed E-state index contributed by atoms with van der Waals surface area (Å²) >= 11 is 1.99. The van der Waals surface area contributed by atoms with Crippen molar-refractivity contribution >= 4 is 34.3 Å². The minimum atomic E-state index is -0.196. The third-order valence-corrected chi connectivity index (χ3v) is 5.53. The molecule has 6 heteroatoms. The maximum Gasteiger partial charge on any atom is 0.262 e. The average Bonchev–Trinajstić information content (AvgIpc) is 3.30. The maximum absolute atomic E-state index is 12.1. The summed E-state index contributed by atoms with van der Waals surface area (Å²) in [4.78, 5) is 19.4. The highest BCUT2D eigenvalue weighted by molar-refractivity contribution is 7.99. The van der Waals surface area contributed by atoms with Crippen molar-refractivity contribution in [1.82, 2.24) is 9.97 Å². The summed E-state index contributed by atoms with van der Waals surface area (Å²) in [6.07, 6.45) is 6.56. The van der Waals surface area contributed by atoms with Crippen LogP contribution in [0, 0.1) is 0 Å². The summed E-state index contributed by atoms with van der Waals surface area (Å²) in [5.74, 6) is 3.45. The first-order valence-corrected chi connectivity index (χ1v) is 9.47. The van der Waals surface area contributed by atoms with E-state index >= 15 is 0 Å². The molecular formula is C19H19N3O2S. The van der Waals surface area contributed by atoms with Crippen LogP contribution in [0.5, 0.6) is 5.75 Å². The summed E-state index contributed by atoms with van der Waals surface area (Å²) in [5, 5.41) is 3.89. The van der Waals surface area contributed by atoms with E-state index in [2.05, 4.69) is 21.5 Å². The van der Waals surface area contributed by atoms with Crippen LogP contribution >= 0.6 is 11.8 Å². The predicted octanol–water partition coefficient (Wildman–Crippen LogP) is 3.80. The smallest absolute Gasteiger partial charge is 0.262 e. The molecular weight excluding hydrogens is 334 g/mol. The molecule has 1 amide bonds. The number of anilines is 1. The summed E-state index contributed by atoms with van der Waals surface area (Å²) in [6.45, 7) is -0.0297. The fraction of sp³-hybridized carbons (Fsp3) is 0.263. The number of fused-ring (bicyclic) bond motifs is 1. The number of hydrogen-bond acceptors (Lipinski definition) is 4. The largest absolute Gasteiger partial charge is 0.483 e. The van der Waals surface area contributed by atoms with Crippen LogP contribution in [0.3, 0.4) is 0 Å². The van der Waals surface area contributed by atoms with Gasteiger partial charge in [-0.3, -0.25) is 9.78 Å². The molecule has 25 heavy (non-hydrogen) atoms. The van der Waals surface area contributed by atoms with E-state index in [9.17, 15) is 4.79 Å². The summed E-state index contributed by atoms with van der Waals surface area (Å²) < 4.78 is 5.85. The number of thioether (sulfide) groups is 1. The molecule has 2 aromatic heterocycles. The molecule has 0 spiro atoms. The number of H-pyrrole nitrogens is 1. The Morgan fingerprint density at radius 1 is 1.36 bits per heavy atom. The summed E-state index contributed by atoms with van der Waals surface area (Å²) in [6, 6.07) is 9.50. The molecule has 1 fully saturated rings. The SMILES string of the molecule is O=C(COc1cccc2[nH]cc(C3CCSC3)c12)Nc1cccnc1. The van der Waals surface area contributed by atoms with Crippen molar-refractivity contribution in [3.8, 4) is 5.75 Å². The maximum atomic E-state index is 12.1. The van der Waals surface area contributed by atoms with Gasteiger partial charge in [-0.25, -0.2) is 0 Å². The van der Waals surface area contributed by atoms with Crippen LogP contribution in [0.1, 0.15) is 17.9 Å². The first kappa shape index (κ1) is 16.0. The van der Waals surface area contributed by atoms with E-state index in [1.807, 2.05) is 30.0 Å². The van der Waals surface area contributed by atoms with Crippen LogP contribution in [0.15, 0.2) is 48.9 Å². The van der Waals surface area contributed by atoms with E-state index < -0.39 is 0 Å². The van der Waals surface area contributed by atoms with Crippen LogP contribution in [-0.4, -0.2) is 34.0 Å². The van der Waals surface area contributed by atoms with Gasteiger partial charge in [0.05, 0.1) is 11.9 Å². The van der Waals surface area contributed by atoms with Crippen LogP contribution < -0.4 is 10.1 Å². The Hall–Kier alpha value is -2.47. The van der Waals surface area contributed by atoms with E-state index in [-0.39, 0.29) is 12.5 Å². The number of aromatic nitrogens is 2. The normalized spacial score (nSPS) is 16.9. The van der Waals surface area contributed by atoms with Crippen LogP contribution in [0.25, 0.3) is 10.9 Å². The topological polar surface area (TPSA) is 67.0 Å². The minimum absolute atomic E-state index is 0.0297. The highest BCUT2D eigenvalue weighted by Crippen LogP contribution is 2.39. The van der Waals surface area contributed by atoms with Crippen molar-refractivity contribution in [2.24, 2.45) is 0 Å². The Kier molecular flexibility index (Phi) is 4.61. The minimum Gasteiger partial charge on any atom is -0.483 e. The zero-order valence-corrected chi connectivity index (χ0v) is 14.5. The lowest BCUT2D eigenvalue weighted by atomic mass is 9.98.